The van der Waals surface area contributed by atoms with E-state index in [1.807, 2.05) is 62.8 Å². The zero-order valence-electron chi connectivity index (χ0n) is 36.1. The Labute approximate surface area is 347 Å². The van der Waals surface area contributed by atoms with Crippen molar-refractivity contribution in [1.29, 1.82) is 0 Å². The summed E-state index contributed by atoms with van der Waals surface area (Å²) < 4.78 is 31.7. The topological polar surface area (TPSA) is 132 Å². The molecule has 2 saturated heterocycles. The average Bonchev–Trinajstić information content (AvgIpc) is 4.01. The number of fused-ring (bicyclic) bond motifs is 2. The number of aromatic amines is 1. The average molecular weight is 816 g/mol. The van der Waals surface area contributed by atoms with Crippen LogP contribution in [0.5, 0.6) is 0 Å². The second kappa shape index (κ2) is 18.3. The summed E-state index contributed by atoms with van der Waals surface area (Å²) in [5.41, 5.74) is 2.69. The van der Waals surface area contributed by atoms with Gasteiger partial charge in [-0.15, -0.1) is 0 Å². The monoisotopic (exact) mass is 815 g/mol. The lowest BCUT2D eigenvalue weighted by Gasteiger charge is -2.36. The van der Waals surface area contributed by atoms with E-state index >= 15 is 0 Å². The lowest BCUT2D eigenvalue weighted by atomic mass is 9.85. The molecule has 0 radical (unpaired) electrons. The number of benzene rings is 2. The van der Waals surface area contributed by atoms with Crippen molar-refractivity contribution in [3.8, 4) is 11.5 Å². The maximum Gasteiger partial charge on any atom is 0.246 e. The first kappa shape index (κ1) is 43.9. The largest absolute Gasteiger partial charge is 0.352 e. The van der Waals surface area contributed by atoms with Gasteiger partial charge in [-0.1, -0.05) is 48.0 Å². The Morgan fingerprint density at radius 3 is 2.25 bits per heavy atom. The van der Waals surface area contributed by atoms with Crippen LogP contribution in [-0.4, -0.2) is 92.1 Å². The Kier molecular flexibility index (Phi) is 13.6. The van der Waals surface area contributed by atoms with Gasteiger partial charge in [-0.3, -0.25) is 19.2 Å². The molecule has 2 fully saturated rings. The standard InChI is InChI=1S/C46H63F2N7O4/c1-9-13-29(22-39(56)28(4)49-8)44(58)53-20-11-14-32(53)25-35-34-18-16-30(47)23-36(34)50-40(35)42-51-37-24-31(48)17-19-38(37)55(42)26-33-15-12-21-54(33)45(59)41(46(5,6)7)52-43(57)27(3)10-2/h16-19,23-24,27-29,32-33,41,49-50H,9-15,20-22,25-26H2,1-8H3,(H,52,57)/t27-,28+,29-,32+,33+,41-/m1/s1. The Morgan fingerprint density at radius 2 is 1.59 bits per heavy atom. The van der Waals surface area contributed by atoms with E-state index in [0.29, 0.717) is 67.0 Å². The molecular formula is C46H63F2N7O4. The van der Waals surface area contributed by atoms with Crippen molar-refractivity contribution in [3.05, 3.63) is 53.6 Å². The van der Waals surface area contributed by atoms with Crippen LogP contribution in [0.2, 0.25) is 0 Å². The van der Waals surface area contributed by atoms with Gasteiger partial charge in [-0.25, -0.2) is 13.8 Å². The first-order chi connectivity index (χ1) is 28.1. The van der Waals surface area contributed by atoms with Crippen LogP contribution in [0.1, 0.15) is 105 Å². The SMILES string of the molecule is CCC[C@H](CC(=O)[C@H](C)NC)C(=O)N1CCC[C@H]1Cc1c(-c2nc3cc(F)ccc3n2C[C@@H]2CCCN2C(=O)[C@@H](NC(=O)[C@H](C)CC)C(C)(C)C)[nH]c2cc(F)ccc12. The fraction of sp³-hybridized carbons (Fsp3) is 0.587. The Bertz CT molecular complexity index is 2170. The molecule has 0 bridgehead atoms. The molecule has 0 saturated carbocycles. The normalized spacial score (nSPS) is 19.4. The fourth-order valence-corrected chi connectivity index (χ4v) is 8.97. The number of nitrogens with zero attached hydrogens (tertiary/aromatic N) is 4. The van der Waals surface area contributed by atoms with E-state index in [9.17, 15) is 28.0 Å². The number of halogens is 2. The molecule has 13 heteroatoms. The van der Waals surface area contributed by atoms with Crippen molar-refractivity contribution in [2.45, 2.75) is 137 Å². The van der Waals surface area contributed by atoms with Crippen LogP contribution in [0.3, 0.4) is 0 Å². The quantitative estimate of drug-likeness (QED) is 0.107. The number of amides is 3. The molecule has 0 spiro atoms. The van der Waals surface area contributed by atoms with Crippen molar-refractivity contribution in [2.75, 3.05) is 20.1 Å². The third kappa shape index (κ3) is 9.40. The van der Waals surface area contributed by atoms with E-state index in [-0.39, 0.29) is 54.0 Å². The zero-order valence-corrected chi connectivity index (χ0v) is 36.1. The van der Waals surface area contributed by atoms with Crippen LogP contribution in [0.4, 0.5) is 8.78 Å². The molecule has 2 aliphatic rings. The molecule has 2 aliphatic heterocycles. The minimum atomic E-state index is -0.730. The van der Waals surface area contributed by atoms with E-state index in [1.165, 1.54) is 24.3 Å². The molecule has 59 heavy (non-hydrogen) atoms. The van der Waals surface area contributed by atoms with Crippen LogP contribution in [0.25, 0.3) is 33.5 Å². The highest BCUT2D eigenvalue weighted by Gasteiger charge is 2.41. The van der Waals surface area contributed by atoms with Crippen molar-refractivity contribution in [1.82, 2.24) is 35.0 Å². The van der Waals surface area contributed by atoms with E-state index in [2.05, 4.69) is 15.6 Å². The van der Waals surface area contributed by atoms with Gasteiger partial charge in [-0.05, 0) is 100 Å². The molecule has 0 unspecified atom stereocenters. The summed E-state index contributed by atoms with van der Waals surface area (Å²) >= 11 is 0. The number of H-pyrrole nitrogens is 1. The molecule has 320 valence electrons. The molecule has 0 aliphatic carbocycles. The van der Waals surface area contributed by atoms with Gasteiger partial charge >= 0.3 is 0 Å². The van der Waals surface area contributed by atoms with Gasteiger partial charge in [0.25, 0.3) is 0 Å². The van der Waals surface area contributed by atoms with Gasteiger partial charge in [0.15, 0.2) is 5.82 Å². The molecule has 4 heterocycles. The number of carbonyl (C=O) groups is 4. The molecule has 6 rings (SSSR count). The Balaban J connectivity index is 1.39. The summed E-state index contributed by atoms with van der Waals surface area (Å²) in [7, 11) is 1.74. The number of likely N-dealkylation sites (tertiary alicyclic amines) is 2. The maximum absolute atomic E-state index is 14.8. The van der Waals surface area contributed by atoms with Crippen molar-refractivity contribution >= 4 is 45.4 Å². The summed E-state index contributed by atoms with van der Waals surface area (Å²) in [6.07, 6.45) is 5.78. The summed E-state index contributed by atoms with van der Waals surface area (Å²) in [5.74, 6) is -1.24. The highest BCUT2D eigenvalue weighted by Crippen LogP contribution is 2.37. The maximum atomic E-state index is 14.8. The highest BCUT2D eigenvalue weighted by atomic mass is 19.1. The van der Waals surface area contributed by atoms with Crippen LogP contribution >= 0.6 is 0 Å². The highest BCUT2D eigenvalue weighted by molar-refractivity contribution is 5.93. The van der Waals surface area contributed by atoms with Gasteiger partial charge in [-0.2, -0.15) is 0 Å². The van der Waals surface area contributed by atoms with E-state index in [4.69, 9.17) is 4.98 Å². The number of hydrogen-bond donors (Lipinski definition) is 3. The first-order valence-electron chi connectivity index (χ1n) is 21.6. The van der Waals surface area contributed by atoms with Gasteiger partial charge in [0, 0.05) is 66.9 Å². The lowest BCUT2D eigenvalue weighted by molar-refractivity contribution is -0.141. The minimum Gasteiger partial charge on any atom is -0.352 e. The van der Waals surface area contributed by atoms with Crippen LogP contribution in [0, 0.1) is 28.9 Å². The molecule has 2 aromatic carbocycles. The summed E-state index contributed by atoms with van der Waals surface area (Å²) in [4.78, 5) is 67.2. The lowest BCUT2D eigenvalue weighted by Crippen LogP contribution is -2.56. The third-order valence-electron chi connectivity index (χ3n) is 12.8. The van der Waals surface area contributed by atoms with Crippen LogP contribution in [0.15, 0.2) is 36.4 Å². The van der Waals surface area contributed by atoms with Crippen LogP contribution in [-0.2, 0) is 32.1 Å². The predicted octanol–water partition coefficient (Wildman–Crippen LogP) is 7.55. The van der Waals surface area contributed by atoms with Crippen LogP contribution < -0.4 is 10.6 Å². The number of nitrogens with one attached hydrogen (secondary N) is 3. The molecule has 2 aromatic heterocycles. The van der Waals surface area contributed by atoms with E-state index in [1.54, 1.807) is 19.2 Å². The smallest absolute Gasteiger partial charge is 0.246 e. The van der Waals surface area contributed by atoms with Crippen molar-refractivity contribution in [3.63, 3.8) is 0 Å². The Hall–Kier alpha value is -4.65. The molecule has 11 nitrogen and oxygen atoms in total. The second-order valence-electron chi connectivity index (χ2n) is 18.0. The van der Waals surface area contributed by atoms with Gasteiger partial charge in [0.05, 0.1) is 22.8 Å². The molecular weight excluding hydrogens is 753 g/mol. The molecule has 3 N–H and O–H groups in total. The van der Waals surface area contributed by atoms with Gasteiger partial charge < -0.3 is 30.0 Å². The van der Waals surface area contributed by atoms with Gasteiger partial charge in [0.2, 0.25) is 17.7 Å². The van der Waals surface area contributed by atoms with Crippen molar-refractivity contribution < 1.29 is 28.0 Å². The zero-order chi connectivity index (χ0) is 42.8. The number of ketones is 1. The number of carbonyl (C=O) groups excluding carboxylic acids is 4. The summed E-state index contributed by atoms with van der Waals surface area (Å²) in [6.45, 7) is 15.0. The number of imidazole rings is 1. The predicted molar refractivity (Wildman–Crippen MR) is 228 cm³/mol. The van der Waals surface area contributed by atoms with E-state index < -0.39 is 29.0 Å². The van der Waals surface area contributed by atoms with Gasteiger partial charge in [0.1, 0.15) is 23.5 Å². The second-order valence-corrected chi connectivity index (χ2v) is 18.0. The number of Topliss-reactive ketones (excluding diaryl/α,β-unsaturated/α-hetero) is 1. The summed E-state index contributed by atoms with van der Waals surface area (Å²) in [5, 5.41) is 6.87. The minimum absolute atomic E-state index is 0.0126. The summed E-state index contributed by atoms with van der Waals surface area (Å²) in [6, 6.07) is 7.66. The number of hydrogen-bond acceptors (Lipinski definition) is 6. The fourth-order valence-electron chi connectivity index (χ4n) is 8.97. The van der Waals surface area contributed by atoms with Crippen molar-refractivity contribution in [2.24, 2.45) is 17.3 Å². The number of likely N-dealkylation sites (N-methyl/N-ethyl adjacent to an activating group) is 1. The van der Waals surface area contributed by atoms with E-state index in [0.717, 1.165) is 43.1 Å². The first-order valence-corrected chi connectivity index (χ1v) is 21.6. The number of rotatable bonds is 16. The molecule has 3 amide bonds. The Morgan fingerprint density at radius 1 is 0.932 bits per heavy atom. The molecule has 4 aromatic rings. The third-order valence-corrected chi connectivity index (χ3v) is 12.8. The number of aromatic nitrogens is 3. The molecule has 6 atom stereocenters.